The fourth-order valence-electron chi connectivity index (χ4n) is 2.54. The molecule has 18 heavy (non-hydrogen) atoms. The predicted molar refractivity (Wildman–Crippen MR) is 71.8 cm³/mol. The summed E-state index contributed by atoms with van der Waals surface area (Å²) in [5, 5.41) is 0. The van der Waals surface area contributed by atoms with Crippen LogP contribution in [-0.4, -0.2) is 16.2 Å². The second-order valence-corrected chi connectivity index (χ2v) is 4.63. The SMILES string of the molecule is CCOc1ccc(-c2cnc3n2CCCC3)cc1. The summed E-state index contributed by atoms with van der Waals surface area (Å²) in [4.78, 5) is 4.52. The Morgan fingerprint density at radius 1 is 1.22 bits per heavy atom. The smallest absolute Gasteiger partial charge is 0.119 e. The van der Waals surface area contributed by atoms with Crippen LogP contribution in [-0.2, 0) is 13.0 Å². The highest BCUT2D eigenvalue weighted by Crippen LogP contribution is 2.26. The lowest BCUT2D eigenvalue weighted by molar-refractivity contribution is 0.340. The Labute approximate surface area is 107 Å². The molecule has 2 aromatic rings. The van der Waals surface area contributed by atoms with E-state index in [4.69, 9.17) is 4.74 Å². The van der Waals surface area contributed by atoms with E-state index in [1.807, 2.05) is 25.3 Å². The lowest BCUT2D eigenvalue weighted by atomic mass is 10.1. The second-order valence-electron chi connectivity index (χ2n) is 4.63. The van der Waals surface area contributed by atoms with Gasteiger partial charge in [0.15, 0.2) is 0 Å². The molecule has 0 fully saturated rings. The van der Waals surface area contributed by atoms with Crippen LogP contribution in [0.15, 0.2) is 30.5 Å². The zero-order valence-electron chi connectivity index (χ0n) is 10.7. The molecule has 0 spiro atoms. The molecule has 1 aromatic heterocycles. The van der Waals surface area contributed by atoms with Gasteiger partial charge in [-0.3, -0.25) is 0 Å². The topological polar surface area (TPSA) is 27.1 Å². The molecule has 1 aliphatic rings. The summed E-state index contributed by atoms with van der Waals surface area (Å²) < 4.78 is 7.81. The van der Waals surface area contributed by atoms with Gasteiger partial charge in [-0.2, -0.15) is 0 Å². The standard InChI is InChI=1S/C15H18N2O/c1-2-18-13-8-6-12(7-9-13)14-11-16-15-5-3-4-10-17(14)15/h6-9,11H,2-5,10H2,1H3. The van der Waals surface area contributed by atoms with Crippen LogP contribution < -0.4 is 4.74 Å². The minimum absolute atomic E-state index is 0.710. The molecule has 3 heteroatoms. The van der Waals surface area contributed by atoms with Gasteiger partial charge in [0.1, 0.15) is 11.6 Å². The molecule has 0 radical (unpaired) electrons. The Bertz CT molecular complexity index is 528. The van der Waals surface area contributed by atoms with Gasteiger partial charge in [-0.05, 0) is 44.0 Å². The highest BCUT2D eigenvalue weighted by molar-refractivity contribution is 5.60. The monoisotopic (exact) mass is 242 g/mol. The Kier molecular flexibility index (Phi) is 3.05. The van der Waals surface area contributed by atoms with Crippen LogP contribution in [0.3, 0.4) is 0 Å². The van der Waals surface area contributed by atoms with E-state index in [-0.39, 0.29) is 0 Å². The third-order valence-electron chi connectivity index (χ3n) is 3.43. The summed E-state index contributed by atoms with van der Waals surface area (Å²) in [6, 6.07) is 8.29. The summed E-state index contributed by atoms with van der Waals surface area (Å²) in [7, 11) is 0. The average molecular weight is 242 g/mol. The highest BCUT2D eigenvalue weighted by Gasteiger charge is 2.14. The number of ether oxygens (including phenoxy) is 1. The van der Waals surface area contributed by atoms with Crippen LogP contribution in [0.2, 0.25) is 0 Å². The van der Waals surface area contributed by atoms with Crippen LogP contribution in [0.25, 0.3) is 11.3 Å². The van der Waals surface area contributed by atoms with Crippen molar-refractivity contribution < 1.29 is 4.74 Å². The molecule has 0 bridgehead atoms. The molecule has 0 atom stereocenters. The van der Waals surface area contributed by atoms with Gasteiger partial charge >= 0.3 is 0 Å². The van der Waals surface area contributed by atoms with Crippen molar-refractivity contribution in [1.29, 1.82) is 0 Å². The predicted octanol–water partition coefficient (Wildman–Crippen LogP) is 3.29. The maximum absolute atomic E-state index is 5.47. The van der Waals surface area contributed by atoms with Gasteiger partial charge in [0.2, 0.25) is 0 Å². The molecule has 94 valence electrons. The normalized spacial score (nSPS) is 14.3. The first kappa shape index (κ1) is 11.3. The van der Waals surface area contributed by atoms with E-state index < -0.39 is 0 Å². The Morgan fingerprint density at radius 3 is 2.83 bits per heavy atom. The van der Waals surface area contributed by atoms with Crippen LogP contribution in [0, 0.1) is 0 Å². The van der Waals surface area contributed by atoms with Gasteiger partial charge < -0.3 is 9.30 Å². The van der Waals surface area contributed by atoms with Crippen molar-refractivity contribution in [3.8, 4) is 17.0 Å². The van der Waals surface area contributed by atoms with Crippen molar-refractivity contribution in [2.24, 2.45) is 0 Å². The van der Waals surface area contributed by atoms with Crippen molar-refractivity contribution in [2.75, 3.05) is 6.61 Å². The fourth-order valence-corrected chi connectivity index (χ4v) is 2.54. The average Bonchev–Trinajstić information content (AvgIpc) is 2.84. The lowest BCUT2D eigenvalue weighted by Gasteiger charge is -2.16. The first-order valence-corrected chi connectivity index (χ1v) is 6.66. The van der Waals surface area contributed by atoms with E-state index in [0.29, 0.717) is 6.61 Å². The fraction of sp³-hybridized carbons (Fsp3) is 0.400. The molecule has 3 rings (SSSR count). The van der Waals surface area contributed by atoms with Crippen LogP contribution >= 0.6 is 0 Å². The summed E-state index contributed by atoms with van der Waals surface area (Å²) in [6.45, 7) is 3.81. The molecular formula is C15H18N2O. The van der Waals surface area contributed by atoms with E-state index in [1.165, 1.54) is 29.9 Å². The zero-order chi connectivity index (χ0) is 12.4. The van der Waals surface area contributed by atoms with Gasteiger partial charge in [0, 0.05) is 18.5 Å². The molecule has 1 aliphatic heterocycles. The van der Waals surface area contributed by atoms with E-state index >= 15 is 0 Å². The van der Waals surface area contributed by atoms with Crippen LogP contribution in [0.5, 0.6) is 5.75 Å². The van der Waals surface area contributed by atoms with Gasteiger partial charge in [0.25, 0.3) is 0 Å². The third-order valence-corrected chi connectivity index (χ3v) is 3.43. The number of rotatable bonds is 3. The van der Waals surface area contributed by atoms with E-state index in [0.717, 1.165) is 18.7 Å². The number of aromatic nitrogens is 2. The molecule has 2 heterocycles. The number of benzene rings is 1. The summed E-state index contributed by atoms with van der Waals surface area (Å²) in [5.74, 6) is 2.16. The Hall–Kier alpha value is -1.77. The van der Waals surface area contributed by atoms with E-state index in [9.17, 15) is 0 Å². The molecule has 0 N–H and O–H groups in total. The molecule has 0 saturated carbocycles. The first-order chi connectivity index (χ1) is 8.88. The van der Waals surface area contributed by atoms with Crippen molar-refractivity contribution in [2.45, 2.75) is 32.7 Å². The van der Waals surface area contributed by atoms with Gasteiger partial charge in [-0.15, -0.1) is 0 Å². The third kappa shape index (κ3) is 2.01. The molecule has 0 amide bonds. The Balaban J connectivity index is 1.92. The number of hydrogen-bond donors (Lipinski definition) is 0. The van der Waals surface area contributed by atoms with Gasteiger partial charge in [0.05, 0.1) is 18.5 Å². The highest BCUT2D eigenvalue weighted by atomic mass is 16.5. The summed E-state index contributed by atoms with van der Waals surface area (Å²) in [6.07, 6.45) is 5.63. The summed E-state index contributed by atoms with van der Waals surface area (Å²) >= 11 is 0. The molecule has 0 saturated heterocycles. The maximum atomic E-state index is 5.47. The zero-order valence-corrected chi connectivity index (χ0v) is 10.7. The van der Waals surface area contributed by atoms with Crippen molar-refractivity contribution >= 4 is 0 Å². The van der Waals surface area contributed by atoms with Crippen molar-refractivity contribution in [3.05, 3.63) is 36.3 Å². The van der Waals surface area contributed by atoms with Crippen molar-refractivity contribution in [3.63, 3.8) is 0 Å². The van der Waals surface area contributed by atoms with E-state index in [1.54, 1.807) is 0 Å². The molecule has 0 aliphatic carbocycles. The number of aryl methyl sites for hydroxylation is 1. The number of imidazole rings is 1. The maximum Gasteiger partial charge on any atom is 0.119 e. The molecule has 3 nitrogen and oxygen atoms in total. The van der Waals surface area contributed by atoms with E-state index in [2.05, 4.69) is 21.7 Å². The number of fused-ring (bicyclic) bond motifs is 1. The summed E-state index contributed by atoms with van der Waals surface area (Å²) in [5.41, 5.74) is 2.45. The Morgan fingerprint density at radius 2 is 2.06 bits per heavy atom. The first-order valence-electron chi connectivity index (χ1n) is 6.66. The van der Waals surface area contributed by atoms with Crippen molar-refractivity contribution in [1.82, 2.24) is 9.55 Å². The van der Waals surface area contributed by atoms with Gasteiger partial charge in [-0.1, -0.05) is 0 Å². The largest absolute Gasteiger partial charge is 0.494 e. The molecular weight excluding hydrogens is 224 g/mol. The number of hydrogen-bond acceptors (Lipinski definition) is 2. The minimum atomic E-state index is 0.710. The van der Waals surface area contributed by atoms with Crippen LogP contribution in [0.1, 0.15) is 25.6 Å². The second kappa shape index (κ2) is 4.84. The van der Waals surface area contributed by atoms with Crippen LogP contribution in [0.4, 0.5) is 0 Å². The minimum Gasteiger partial charge on any atom is -0.494 e. The lowest BCUT2D eigenvalue weighted by Crippen LogP contribution is -2.11. The molecule has 1 aromatic carbocycles. The quantitative estimate of drug-likeness (QED) is 0.825. The van der Waals surface area contributed by atoms with Gasteiger partial charge in [-0.25, -0.2) is 4.98 Å². The number of nitrogens with zero attached hydrogens (tertiary/aromatic N) is 2. The molecule has 0 unspecified atom stereocenters.